The fraction of sp³-hybridized carbons (Fsp3) is 0.500. The fourth-order valence-corrected chi connectivity index (χ4v) is 3.35. The Kier molecular flexibility index (Phi) is 6.03. The SMILES string of the molecule is CC1(C)OCC(C(C(F)F)(C(F)C=Cc2ccccc2)C(F)(F)F)N1C(=O)O. The molecule has 1 heterocycles. The number of ether oxygens (including phenoxy) is 1. The van der Waals surface area contributed by atoms with E-state index >= 15 is 0 Å². The fourth-order valence-electron chi connectivity index (χ4n) is 3.35. The molecule has 1 aliphatic heterocycles. The van der Waals surface area contributed by atoms with Gasteiger partial charge in [-0.1, -0.05) is 36.4 Å². The molecule has 0 aromatic heterocycles. The van der Waals surface area contributed by atoms with Gasteiger partial charge in [0, 0.05) is 0 Å². The van der Waals surface area contributed by atoms with Gasteiger partial charge in [0.15, 0.2) is 5.41 Å². The van der Waals surface area contributed by atoms with Gasteiger partial charge in [0.1, 0.15) is 11.9 Å². The van der Waals surface area contributed by atoms with Crippen LogP contribution in [0, 0.1) is 5.41 Å². The molecule has 1 aromatic rings. The molecular formula is C18H19F6NO3. The summed E-state index contributed by atoms with van der Waals surface area (Å²) in [5.41, 5.74) is -5.83. The Balaban J connectivity index is 2.58. The number of alkyl halides is 6. The summed E-state index contributed by atoms with van der Waals surface area (Å²) >= 11 is 0. The molecule has 2 rings (SSSR count). The monoisotopic (exact) mass is 411 g/mol. The summed E-state index contributed by atoms with van der Waals surface area (Å²) in [4.78, 5) is 11.6. The lowest BCUT2D eigenvalue weighted by Gasteiger charge is -2.44. The molecule has 1 N–H and O–H groups in total. The van der Waals surface area contributed by atoms with Crippen LogP contribution in [0.4, 0.5) is 31.1 Å². The largest absolute Gasteiger partial charge is 0.465 e. The van der Waals surface area contributed by atoms with Crippen molar-refractivity contribution in [3.8, 4) is 0 Å². The van der Waals surface area contributed by atoms with Gasteiger partial charge in [0.2, 0.25) is 0 Å². The predicted molar refractivity (Wildman–Crippen MR) is 88.5 cm³/mol. The molecule has 0 radical (unpaired) electrons. The minimum absolute atomic E-state index is 0.107. The van der Waals surface area contributed by atoms with Crippen molar-refractivity contribution in [3.05, 3.63) is 42.0 Å². The van der Waals surface area contributed by atoms with Crippen LogP contribution in [-0.4, -0.2) is 53.2 Å². The van der Waals surface area contributed by atoms with Crippen molar-refractivity contribution in [1.82, 2.24) is 4.90 Å². The third-order valence-corrected chi connectivity index (χ3v) is 4.81. The summed E-state index contributed by atoms with van der Waals surface area (Å²) in [5, 5.41) is 9.31. The van der Waals surface area contributed by atoms with Crippen LogP contribution in [0.3, 0.4) is 0 Å². The maximum atomic E-state index is 14.9. The Hall–Kier alpha value is -2.23. The third-order valence-electron chi connectivity index (χ3n) is 4.81. The van der Waals surface area contributed by atoms with Crippen molar-refractivity contribution in [1.29, 1.82) is 0 Å². The number of rotatable bonds is 5. The molecule has 0 aliphatic carbocycles. The summed E-state index contributed by atoms with van der Waals surface area (Å²) in [5.74, 6) is 0. The predicted octanol–water partition coefficient (Wildman–Crippen LogP) is 4.97. The first-order chi connectivity index (χ1) is 12.9. The molecule has 1 aliphatic rings. The Labute approximate surface area is 157 Å². The van der Waals surface area contributed by atoms with Crippen molar-refractivity contribution >= 4 is 12.2 Å². The minimum Gasteiger partial charge on any atom is -0.465 e. The van der Waals surface area contributed by atoms with Crippen molar-refractivity contribution in [2.45, 2.75) is 44.4 Å². The van der Waals surface area contributed by atoms with E-state index in [1.54, 1.807) is 6.07 Å². The van der Waals surface area contributed by atoms with E-state index in [0.717, 1.165) is 19.9 Å². The van der Waals surface area contributed by atoms with Gasteiger partial charge in [-0.15, -0.1) is 0 Å². The second-order valence-electron chi connectivity index (χ2n) is 6.83. The normalized spacial score (nSPS) is 23.2. The summed E-state index contributed by atoms with van der Waals surface area (Å²) in [6, 6.07) is 5.12. The summed E-state index contributed by atoms with van der Waals surface area (Å²) in [6.45, 7) is 1.20. The highest BCUT2D eigenvalue weighted by molar-refractivity contribution is 5.67. The zero-order valence-electron chi connectivity index (χ0n) is 15.0. The quantitative estimate of drug-likeness (QED) is 0.697. The van der Waals surface area contributed by atoms with Gasteiger partial charge in [-0.25, -0.2) is 18.0 Å². The van der Waals surface area contributed by atoms with Crippen molar-refractivity contribution in [3.63, 3.8) is 0 Å². The van der Waals surface area contributed by atoms with E-state index in [0.29, 0.717) is 11.6 Å². The van der Waals surface area contributed by atoms with Crippen LogP contribution in [0.5, 0.6) is 0 Å². The highest BCUT2D eigenvalue weighted by Crippen LogP contribution is 2.54. The van der Waals surface area contributed by atoms with Crippen LogP contribution in [0.2, 0.25) is 0 Å². The maximum absolute atomic E-state index is 14.9. The molecule has 1 saturated heterocycles. The molecule has 1 aromatic carbocycles. The molecule has 28 heavy (non-hydrogen) atoms. The molecule has 10 heteroatoms. The van der Waals surface area contributed by atoms with Crippen LogP contribution in [-0.2, 0) is 4.74 Å². The standard InChI is InChI=1S/C18H19F6NO3/c1-16(2)25(15(26)27)13(10-28-16)17(14(20)21,18(22,23)24)12(19)9-8-11-6-4-3-5-7-11/h3-9,12-14H,10H2,1-2H3,(H,26,27). The van der Waals surface area contributed by atoms with Crippen molar-refractivity contribution in [2.75, 3.05) is 6.61 Å². The van der Waals surface area contributed by atoms with E-state index in [1.165, 1.54) is 24.3 Å². The zero-order valence-corrected chi connectivity index (χ0v) is 15.0. The van der Waals surface area contributed by atoms with Crippen LogP contribution in [0.15, 0.2) is 36.4 Å². The second kappa shape index (κ2) is 7.65. The van der Waals surface area contributed by atoms with Crippen molar-refractivity contribution in [2.24, 2.45) is 5.41 Å². The van der Waals surface area contributed by atoms with Gasteiger partial charge in [-0.2, -0.15) is 13.2 Å². The van der Waals surface area contributed by atoms with Crippen molar-refractivity contribution < 1.29 is 41.0 Å². The molecule has 0 spiro atoms. The van der Waals surface area contributed by atoms with Gasteiger partial charge in [0.05, 0.1) is 12.6 Å². The van der Waals surface area contributed by atoms with Gasteiger partial charge < -0.3 is 9.84 Å². The number of nitrogens with zero attached hydrogens (tertiary/aromatic N) is 1. The number of allylic oxidation sites excluding steroid dienone is 1. The van der Waals surface area contributed by atoms with E-state index < -0.39 is 48.7 Å². The molecule has 4 nitrogen and oxygen atoms in total. The highest BCUT2D eigenvalue weighted by atomic mass is 19.4. The Morgan fingerprint density at radius 2 is 1.82 bits per heavy atom. The summed E-state index contributed by atoms with van der Waals surface area (Å²) in [6.07, 6.45) is -13.8. The van der Waals surface area contributed by atoms with E-state index in [9.17, 15) is 36.2 Å². The van der Waals surface area contributed by atoms with Gasteiger partial charge in [-0.3, -0.25) is 4.90 Å². The zero-order chi connectivity index (χ0) is 21.3. The smallest absolute Gasteiger partial charge is 0.409 e. The lowest BCUT2D eigenvalue weighted by Crippen LogP contribution is -2.65. The molecule has 156 valence electrons. The first-order valence-corrected chi connectivity index (χ1v) is 8.24. The number of hydrogen-bond donors (Lipinski definition) is 1. The second-order valence-corrected chi connectivity index (χ2v) is 6.83. The molecule has 0 bridgehead atoms. The van der Waals surface area contributed by atoms with E-state index in [2.05, 4.69) is 0 Å². The lowest BCUT2D eigenvalue weighted by molar-refractivity contribution is -0.295. The summed E-state index contributed by atoms with van der Waals surface area (Å²) < 4.78 is 89.5. The van der Waals surface area contributed by atoms with Gasteiger partial charge in [0.25, 0.3) is 6.43 Å². The Morgan fingerprint density at radius 1 is 1.25 bits per heavy atom. The molecule has 0 saturated carbocycles. The van der Waals surface area contributed by atoms with E-state index in [-0.39, 0.29) is 4.90 Å². The first-order valence-electron chi connectivity index (χ1n) is 8.24. The van der Waals surface area contributed by atoms with Crippen LogP contribution in [0.25, 0.3) is 6.08 Å². The highest BCUT2D eigenvalue weighted by Gasteiger charge is 2.73. The third kappa shape index (κ3) is 3.69. The lowest BCUT2D eigenvalue weighted by atomic mass is 9.74. The summed E-state index contributed by atoms with van der Waals surface area (Å²) in [7, 11) is 0. The number of benzene rings is 1. The molecule has 1 fully saturated rings. The van der Waals surface area contributed by atoms with Gasteiger partial charge in [-0.05, 0) is 25.5 Å². The average molecular weight is 411 g/mol. The molecule has 1 amide bonds. The number of carboxylic acid groups (broad SMARTS) is 1. The van der Waals surface area contributed by atoms with Crippen LogP contribution < -0.4 is 0 Å². The van der Waals surface area contributed by atoms with E-state index in [4.69, 9.17) is 4.74 Å². The maximum Gasteiger partial charge on any atom is 0.409 e. The number of hydrogen-bond acceptors (Lipinski definition) is 2. The minimum atomic E-state index is -5.76. The number of halogens is 6. The Morgan fingerprint density at radius 3 is 2.29 bits per heavy atom. The van der Waals surface area contributed by atoms with Crippen LogP contribution in [0.1, 0.15) is 19.4 Å². The number of amides is 1. The first kappa shape index (κ1) is 22.1. The average Bonchev–Trinajstić information content (AvgIpc) is 2.88. The molecule has 3 atom stereocenters. The van der Waals surface area contributed by atoms with Gasteiger partial charge >= 0.3 is 12.3 Å². The van der Waals surface area contributed by atoms with E-state index in [1.807, 2.05) is 0 Å². The van der Waals surface area contributed by atoms with Crippen LogP contribution >= 0.6 is 0 Å². The topological polar surface area (TPSA) is 49.8 Å². The Bertz CT molecular complexity index is 722. The molecular weight excluding hydrogens is 392 g/mol. The molecule has 3 unspecified atom stereocenters. The number of carbonyl (C=O) groups is 1.